The van der Waals surface area contributed by atoms with E-state index in [9.17, 15) is 0 Å². The van der Waals surface area contributed by atoms with E-state index in [2.05, 4.69) is 65.7 Å². The van der Waals surface area contributed by atoms with Gasteiger partial charge in [0.25, 0.3) is 0 Å². The van der Waals surface area contributed by atoms with Crippen molar-refractivity contribution in [3.63, 3.8) is 0 Å². The third-order valence-corrected chi connectivity index (χ3v) is 4.34. The summed E-state index contributed by atoms with van der Waals surface area (Å²) >= 11 is 0. The van der Waals surface area contributed by atoms with Gasteiger partial charge in [-0.1, -0.05) is 24.3 Å². The summed E-state index contributed by atoms with van der Waals surface area (Å²) < 4.78 is 0. The lowest BCUT2D eigenvalue weighted by Gasteiger charge is -2.23. The van der Waals surface area contributed by atoms with Crippen molar-refractivity contribution >= 4 is 5.96 Å². The third-order valence-electron chi connectivity index (χ3n) is 4.34. The van der Waals surface area contributed by atoms with Crippen LogP contribution in [0.2, 0.25) is 0 Å². The minimum Gasteiger partial charge on any atom is -0.356 e. The van der Waals surface area contributed by atoms with Gasteiger partial charge < -0.3 is 10.6 Å². The molecule has 1 aliphatic carbocycles. The Morgan fingerprint density at radius 1 is 1.23 bits per heavy atom. The summed E-state index contributed by atoms with van der Waals surface area (Å²) in [5, 5.41) is 6.84. The summed E-state index contributed by atoms with van der Waals surface area (Å²) in [5.74, 6) is 1.75. The van der Waals surface area contributed by atoms with E-state index in [1.54, 1.807) is 0 Å². The largest absolute Gasteiger partial charge is 0.356 e. The van der Waals surface area contributed by atoms with Gasteiger partial charge in [-0.05, 0) is 50.8 Å². The highest BCUT2D eigenvalue weighted by Crippen LogP contribution is 2.27. The molecule has 0 radical (unpaired) electrons. The molecule has 2 rings (SSSR count). The van der Waals surface area contributed by atoms with E-state index >= 15 is 0 Å². The van der Waals surface area contributed by atoms with Crippen LogP contribution in [0.15, 0.2) is 29.3 Å². The molecule has 4 heteroatoms. The van der Waals surface area contributed by atoms with E-state index < -0.39 is 0 Å². The molecule has 0 spiro atoms. The fourth-order valence-electron chi connectivity index (χ4n) is 2.30. The monoisotopic (exact) mass is 302 g/mol. The van der Waals surface area contributed by atoms with Gasteiger partial charge in [0.15, 0.2) is 5.96 Å². The van der Waals surface area contributed by atoms with Crippen LogP contribution >= 0.6 is 0 Å². The molecule has 1 fully saturated rings. The molecule has 1 aromatic rings. The van der Waals surface area contributed by atoms with Crippen LogP contribution < -0.4 is 10.6 Å². The molecular weight excluding hydrogens is 272 g/mol. The standard InChI is InChI=1S/C18H30N4/c1-14(2)22(4)13-17-8-6-5-7-16(17)12-21-18(19-3)20-11-15-9-10-15/h5-8,14-15H,9-13H2,1-4H3,(H2,19,20,21). The van der Waals surface area contributed by atoms with Crippen LogP contribution in [0.5, 0.6) is 0 Å². The van der Waals surface area contributed by atoms with Gasteiger partial charge in [0.05, 0.1) is 0 Å². The van der Waals surface area contributed by atoms with Gasteiger partial charge in [-0.25, -0.2) is 0 Å². The molecule has 2 N–H and O–H groups in total. The van der Waals surface area contributed by atoms with Crippen LogP contribution in [0.1, 0.15) is 37.8 Å². The minimum absolute atomic E-state index is 0.550. The van der Waals surface area contributed by atoms with Crippen molar-refractivity contribution < 1.29 is 0 Å². The zero-order chi connectivity index (χ0) is 15.9. The molecule has 0 saturated heterocycles. The summed E-state index contributed by atoms with van der Waals surface area (Å²) in [5.41, 5.74) is 2.72. The Labute approximate surface area is 135 Å². The molecule has 0 amide bonds. The molecule has 4 nitrogen and oxygen atoms in total. The average molecular weight is 302 g/mol. The minimum atomic E-state index is 0.550. The van der Waals surface area contributed by atoms with Crippen molar-refractivity contribution in [2.45, 2.75) is 45.8 Å². The summed E-state index contributed by atoms with van der Waals surface area (Å²) in [4.78, 5) is 6.67. The maximum atomic E-state index is 4.31. The number of hydrogen-bond acceptors (Lipinski definition) is 2. The Hall–Kier alpha value is -1.55. The molecular formula is C18H30N4. The quantitative estimate of drug-likeness (QED) is 0.601. The fourth-order valence-corrected chi connectivity index (χ4v) is 2.30. The van der Waals surface area contributed by atoms with Gasteiger partial charge in [0.2, 0.25) is 0 Å². The summed E-state index contributed by atoms with van der Waals surface area (Å²) in [6.45, 7) is 7.28. The highest BCUT2D eigenvalue weighted by atomic mass is 15.2. The number of nitrogens with one attached hydrogen (secondary N) is 2. The van der Waals surface area contributed by atoms with Crippen LogP contribution in [0.4, 0.5) is 0 Å². The highest BCUT2D eigenvalue weighted by Gasteiger charge is 2.21. The van der Waals surface area contributed by atoms with Crippen molar-refractivity contribution in [2.75, 3.05) is 20.6 Å². The van der Waals surface area contributed by atoms with Crippen molar-refractivity contribution in [1.82, 2.24) is 15.5 Å². The SMILES string of the molecule is CN=C(NCc1ccccc1CN(C)C(C)C)NCC1CC1. The van der Waals surface area contributed by atoms with Gasteiger partial charge in [-0.3, -0.25) is 9.89 Å². The van der Waals surface area contributed by atoms with Crippen LogP contribution in [-0.4, -0.2) is 37.5 Å². The lowest BCUT2D eigenvalue weighted by atomic mass is 10.1. The lowest BCUT2D eigenvalue weighted by Crippen LogP contribution is -2.38. The first-order valence-corrected chi connectivity index (χ1v) is 8.31. The van der Waals surface area contributed by atoms with Gasteiger partial charge in [-0.2, -0.15) is 0 Å². The molecule has 0 bridgehead atoms. The van der Waals surface area contributed by atoms with Crippen molar-refractivity contribution in [3.8, 4) is 0 Å². The Morgan fingerprint density at radius 3 is 2.50 bits per heavy atom. The zero-order valence-corrected chi connectivity index (χ0v) is 14.4. The molecule has 0 atom stereocenters. The van der Waals surface area contributed by atoms with Gasteiger partial charge >= 0.3 is 0 Å². The van der Waals surface area contributed by atoms with Gasteiger partial charge in [0.1, 0.15) is 0 Å². The maximum Gasteiger partial charge on any atom is 0.191 e. The second kappa shape index (κ2) is 8.18. The third kappa shape index (κ3) is 5.34. The maximum absolute atomic E-state index is 4.31. The van der Waals surface area contributed by atoms with E-state index in [4.69, 9.17) is 0 Å². The van der Waals surface area contributed by atoms with Crippen molar-refractivity contribution in [3.05, 3.63) is 35.4 Å². The van der Waals surface area contributed by atoms with E-state index in [1.165, 1.54) is 24.0 Å². The highest BCUT2D eigenvalue weighted by molar-refractivity contribution is 5.79. The van der Waals surface area contributed by atoms with E-state index in [0.717, 1.165) is 31.5 Å². The number of benzene rings is 1. The smallest absolute Gasteiger partial charge is 0.191 e. The van der Waals surface area contributed by atoms with Crippen LogP contribution in [0.25, 0.3) is 0 Å². The second-order valence-electron chi connectivity index (χ2n) is 6.53. The first kappa shape index (κ1) is 16.8. The van der Waals surface area contributed by atoms with Crippen LogP contribution in [0, 0.1) is 5.92 Å². The molecule has 0 aliphatic heterocycles. The molecule has 0 heterocycles. The zero-order valence-electron chi connectivity index (χ0n) is 14.4. The van der Waals surface area contributed by atoms with Crippen LogP contribution in [0.3, 0.4) is 0 Å². The Morgan fingerprint density at radius 2 is 1.91 bits per heavy atom. The Kier molecular flexibility index (Phi) is 6.25. The van der Waals surface area contributed by atoms with Crippen molar-refractivity contribution in [2.24, 2.45) is 10.9 Å². The predicted molar refractivity (Wildman–Crippen MR) is 94.0 cm³/mol. The first-order chi connectivity index (χ1) is 10.6. The van der Waals surface area contributed by atoms with Gasteiger partial charge in [0, 0.05) is 32.7 Å². The first-order valence-electron chi connectivity index (χ1n) is 8.31. The van der Waals surface area contributed by atoms with Gasteiger partial charge in [-0.15, -0.1) is 0 Å². The lowest BCUT2D eigenvalue weighted by molar-refractivity contribution is 0.265. The normalized spacial score (nSPS) is 15.5. The van der Waals surface area contributed by atoms with E-state index in [0.29, 0.717) is 6.04 Å². The predicted octanol–water partition coefficient (Wildman–Crippen LogP) is 2.60. The number of aliphatic imine (C=N–C) groups is 1. The number of nitrogens with zero attached hydrogens (tertiary/aromatic N) is 2. The fraction of sp³-hybridized carbons (Fsp3) is 0.611. The number of hydrogen-bond donors (Lipinski definition) is 2. The molecule has 1 saturated carbocycles. The van der Waals surface area contributed by atoms with E-state index in [-0.39, 0.29) is 0 Å². The molecule has 1 aromatic carbocycles. The topological polar surface area (TPSA) is 39.7 Å². The summed E-state index contributed by atoms with van der Waals surface area (Å²) in [6.07, 6.45) is 2.71. The van der Waals surface area contributed by atoms with Crippen LogP contribution in [-0.2, 0) is 13.1 Å². The van der Waals surface area contributed by atoms with Crippen molar-refractivity contribution in [1.29, 1.82) is 0 Å². The van der Waals surface area contributed by atoms with E-state index in [1.807, 2.05) is 7.05 Å². The second-order valence-corrected chi connectivity index (χ2v) is 6.53. The number of rotatable bonds is 7. The number of guanidine groups is 1. The molecule has 22 heavy (non-hydrogen) atoms. The summed E-state index contributed by atoms with van der Waals surface area (Å²) in [7, 11) is 4.01. The molecule has 122 valence electrons. The molecule has 1 aliphatic rings. The molecule has 0 unspecified atom stereocenters. The molecule has 0 aromatic heterocycles. The average Bonchev–Trinajstić information content (AvgIpc) is 3.33. The summed E-state index contributed by atoms with van der Waals surface area (Å²) in [6, 6.07) is 9.19. The Balaban J connectivity index is 1.90. The Bertz CT molecular complexity index is 492.